The van der Waals surface area contributed by atoms with E-state index in [1.807, 2.05) is 0 Å². The number of piperidine rings is 1. The van der Waals surface area contributed by atoms with E-state index in [-0.39, 0.29) is 30.5 Å². The second kappa shape index (κ2) is 8.52. The average molecular weight is 411 g/mol. The Bertz CT molecular complexity index is 988. The number of rotatable bonds is 4. The number of anilines is 2. The van der Waals surface area contributed by atoms with Gasteiger partial charge < -0.3 is 15.0 Å². The lowest BCUT2D eigenvalue weighted by molar-refractivity contribution is -0.132. The minimum Gasteiger partial charge on any atom is -0.482 e. The average Bonchev–Trinajstić information content (AvgIpc) is 2.76. The highest BCUT2D eigenvalue weighted by atomic mass is 19.1. The topological polar surface area (TPSA) is 79.0 Å². The van der Waals surface area contributed by atoms with Gasteiger partial charge in [0.2, 0.25) is 5.91 Å². The number of hydrogen-bond acceptors (Lipinski definition) is 4. The highest BCUT2D eigenvalue weighted by Gasteiger charge is 2.29. The molecule has 0 aromatic heterocycles. The zero-order valence-corrected chi connectivity index (χ0v) is 16.4. The second-order valence-electron chi connectivity index (χ2n) is 7.36. The van der Waals surface area contributed by atoms with E-state index in [4.69, 9.17) is 4.74 Å². The van der Waals surface area contributed by atoms with Crippen LogP contribution in [0.5, 0.6) is 5.75 Å². The van der Waals surface area contributed by atoms with Crippen LogP contribution < -0.4 is 15.0 Å². The number of nitrogens with zero attached hydrogens (tertiary/aromatic N) is 2. The number of ether oxygens (including phenoxy) is 1. The smallest absolute Gasteiger partial charge is 0.265 e. The van der Waals surface area contributed by atoms with Crippen molar-refractivity contribution in [3.05, 3.63) is 53.8 Å². The lowest BCUT2D eigenvalue weighted by Gasteiger charge is -2.33. The van der Waals surface area contributed by atoms with Gasteiger partial charge in [0.05, 0.1) is 5.69 Å². The van der Waals surface area contributed by atoms with E-state index in [1.165, 1.54) is 23.1 Å². The van der Waals surface area contributed by atoms with Crippen LogP contribution in [0, 0.1) is 5.82 Å². The molecule has 2 aromatic carbocycles. The van der Waals surface area contributed by atoms with Crippen LogP contribution in [0.25, 0.3) is 0 Å². The molecule has 2 aliphatic heterocycles. The molecular weight excluding hydrogens is 389 g/mol. The van der Waals surface area contributed by atoms with E-state index in [9.17, 15) is 18.8 Å². The van der Waals surface area contributed by atoms with E-state index in [1.54, 1.807) is 23.1 Å². The Balaban J connectivity index is 1.53. The molecule has 2 aromatic rings. The van der Waals surface area contributed by atoms with Crippen LogP contribution in [0.2, 0.25) is 0 Å². The molecule has 2 heterocycles. The van der Waals surface area contributed by atoms with Crippen molar-refractivity contribution in [2.45, 2.75) is 19.3 Å². The fourth-order valence-corrected chi connectivity index (χ4v) is 3.66. The predicted octanol–water partition coefficient (Wildman–Crippen LogP) is 2.82. The summed E-state index contributed by atoms with van der Waals surface area (Å²) in [6.45, 7) is 1.19. The fourth-order valence-electron chi connectivity index (χ4n) is 3.66. The molecule has 0 spiro atoms. The van der Waals surface area contributed by atoms with Crippen LogP contribution in [-0.4, -0.2) is 48.9 Å². The van der Waals surface area contributed by atoms with Gasteiger partial charge >= 0.3 is 0 Å². The Morgan fingerprint density at radius 3 is 2.63 bits per heavy atom. The third-order valence-corrected chi connectivity index (χ3v) is 5.25. The summed E-state index contributed by atoms with van der Waals surface area (Å²) in [4.78, 5) is 40.7. The van der Waals surface area contributed by atoms with Crippen LogP contribution in [0.3, 0.4) is 0 Å². The maximum absolute atomic E-state index is 13.4. The molecule has 2 aliphatic rings. The number of carbonyl (C=O) groups is 3. The number of fused-ring (bicyclic) bond motifs is 1. The summed E-state index contributed by atoms with van der Waals surface area (Å²) in [6, 6.07) is 10.2. The van der Waals surface area contributed by atoms with Gasteiger partial charge in [0, 0.05) is 24.3 Å². The van der Waals surface area contributed by atoms with Crippen molar-refractivity contribution in [1.82, 2.24) is 4.90 Å². The number of hydrogen-bond donors (Lipinski definition) is 1. The molecule has 0 bridgehead atoms. The molecule has 0 unspecified atom stereocenters. The highest BCUT2D eigenvalue weighted by molar-refractivity contribution is 6.06. The molecule has 0 saturated carbocycles. The van der Waals surface area contributed by atoms with Crippen molar-refractivity contribution in [3.8, 4) is 5.75 Å². The summed E-state index contributed by atoms with van der Waals surface area (Å²) in [5, 5.41) is 2.69. The van der Waals surface area contributed by atoms with Gasteiger partial charge in [-0.05, 0) is 55.7 Å². The SMILES string of the molecule is O=C(Nc1ccc2c(c1)N(CC(=O)N1CCCCC1)C(=O)CO2)c1cccc(F)c1. The number of carbonyl (C=O) groups excluding carboxylic acids is 3. The number of halogens is 1. The normalized spacial score (nSPS) is 16.0. The molecule has 7 nitrogen and oxygen atoms in total. The van der Waals surface area contributed by atoms with Gasteiger partial charge in [0.1, 0.15) is 18.1 Å². The van der Waals surface area contributed by atoms with Crippen molar-refractivity contribution in [3.63, 3.8) is 0 Å². The Morgan fingerprint density at radius 2 is 1.87 bits per heavy atom. The van der Waals surface area contributed by atoms with Gasteiger partial charge in [0.25, 0.3) is 11.8 Å². The summed E-state index contributed by atoms with van der Waals surface area (Å²) < 4.78 is 18.9. The first kappa shape index (κ1) is 19.9. The fraction of sp³-hybridized carbons (Fsp3) is 0.318. The molecule has 3 amide bonds. The molecule has 30 heavy (non-hydrogen) atoms. The lowest BCUT2D eigenvalue weighted by Crippen LogP contribution is -2.47. The Kier molecular flexibility index (Phi) is 5.65. The van der Waals surface area contributed by atoms with Gasteiger partial charge in [-0.2, -0.15) is 0 Å². The van der Waals surface area contributed by atoms with Crippen LogP contribution in [-0.2, 0) is 9.59 Å². The zero-order valence-electron chi connectivity index (χ0n) is 16.4. The van der Waals surface area contributed by atoms with Crippen molar-refractivity contribution in [2.75, 3.05) is 36.5 Å². The van der Waals surface area contributed by atoms with E-state index >= 15 is 0 Å². The second-order valence-corrected chi connectivity index (χ2v) is 7.36. The highest BCUT2D eigenvalue weighted by Crippen LogP contribution is 2.34. The Morgan fingerprint density at radius 1 is 1.07 bits per heavy atom. The van der Waals surface area contributed by atoms with Crippen LogP contribution in [0.1, 0.15) is 29.6 Å². The van der Waals surface area contributed by atoms with Gasteiger partial charge in [-0.3, -0.25) is 19.3 Å². The first-order valence-corrected chi connectivity index (χ1v) is 9.93. The largest absolute Gasteiger partial charge is 0.482 e. The molecular formula is C22H22FN3O4. The first-order valence-electron chi connectivity index (χ1n) is 9.93. The molecule has 0 atom stereocenters. The van der Waals surface area contributed by atoms with E-state index in [0.29, 0.717) is 30.2 Å². The Hall–Kier alpha value is -3.42. The third kappa shape index (κ3) is 4.27. The van der Waals surface area contributed by atoms with E-state index in [2.05, 4.69) is 5.32 Å². The third-order valence-electron chi connectivity index (χ3n) is 5.25. The van der Waals surface area contributed by atoms with E-state index in [0.717, 1.165) is 25.3 Å². The standard InChI is InChI=1S/C22H22FN3O4/c23-16-6-4-5-15(11-16)22(29)24-17-7-8-19-18(12-17)26(21(28)14-30-19)13-20(27)25-9-2-1-3-10-25/h4-8,11-12H,1-3,9-10,13-14H2,(H,24,29). The summed E-state index contributed by atoms with van der Waals surface area (Å²) in [5.41, 5.74) is 1.02. The van der Waals surface area contributed by atoms with Crippen molar-refractivity contribution >= 4 is 29.1 Å². The number of amides is 3. The predicted molar refractivity (Wildman–Crippen MR) is 109 cm³/mol. The molecule has 1 N–H and O–H groups in total. The van der Waals surface area contributed by atoms with Crippen LogP contribution in [0.4, 0.5) is 15.8 Å². The molecule has 1 fully saturated rings. The summed E-state index contributed by atoms with van der Waals surface area (Å²) in [5.74, 6) is -0.945. The van der Waals surface area contributed by atoms with Gasteiger partial charge in [-0.15, -0.1) is 0 Å². The van der Waals surface area contributed by atoms with Gasteiger partial charge in [-0.25, -0.2) is 4.39 Å². The van der Waals surface area contributed by atoms with Crippen molar-refractivity contribution in [1.29, 1.82) is 0 Å². The maximum atomic E-state index is 13.4. The van der Waals surface area contributed by atoms with Crippen molar-refractivity contribution in [2.24, 2.45) is 0 Å². The van der Waals surface area contributed by atoms with E-state index < -0.39 is 11.7 Å². The molecule has 0 aliphatic carbocycles. The monoisotopic (exact) mass is 411 g/mol. The first-order chi connectivity index (χ1) is 14.5. The quantitative estimate of drug-likeness (QED) is 0.839. The minimum atomic E-state index is -0.505. The zero-order chi connectivity index (χ0) is 21.1. The number of likely N-dealkylation sites (tertiary alicyclic amines) is 1. The summed E-state index contributed by atoms with van der Waals surface area (Å²) >= 11 is 0. The number of benzene rings is 2. The molecule has 8 heteroatoms. The van der Waals surface area contributed by atoms with Crippen molar-refractivity contribution < 1.29 is 23.5 Å². The molecule has 0 radical (unpaired) electrons. The van der Waals surface area contributed by atoms with Gasteiger partial charge in [-0.1, -0.05) is 6.07 Å². The Labute approximate surface area is 173 Å². The molecule has 1 saturated heterocycles. The minimum absolute atomic E-state index is 0.0729. The maximum Gasteiger partial charge on any atom is 0.265 e. The molecule has 4 rings (SSSR count). The van der Waals surface area contributed by atoms with Gasteiger partial charge in [0.15, 0.2) is 6.61 Å². The number of nitrogens with one attached hydrogen (secondary N) is 1. The summed E-state index contributed by atoms with van der Waals surface area (Å²) in [7, 11) is 0. The summed E-state index contributed by atoms with van der Waals surface area (Å²) in [6.07, 6.45) is 3.04. The van der Waals surface area contributed by atoms with Crippen LogP contribution in [0.15, 0.2) is 42.5 Å². The molecule has 156 valence electrons. The lowest BCUT2D eigenvalue weighted by atomic mass is 10.1. The van der Waals surface area contributed by atoms with Crippen LogP contribution >= 0.6 is 0 Å².